The molecule has 0 spiro atoms. The Morgan fingerprint density at radius 2 is 1.03 bits per heavy atom. The number of hydrogen-bond acceptors (Lipinski definition) is 3. The number of carbonyl (C=O) groups excluding carboxylic acids is 2. The zero-order chi connectivity index (χ0) is 27.5. The minimum Gasteiger partial charge on any atom is -0.356 e. The van der Waals surface area contributed by atoms with Crippen LogP contribution in [0.3, 0.4) is 0 Å². The highest BCUT2D eigenvalue weighted by molar-refractivity contribution is 8.13. The predicted molar refractivity (Wildman–Crippen MR) is 165 cm³/mol. The van der Waals surface area contributed by atoms with Gasteiger partial charge in [-0.15, -0.1) is 0 Å². The lowest BCUT2D eigenvalue weighted by Gasteiger charge is -2.30. The summed E-state index contributed by atoms with van der Waals surface area (Å²) in [6.07, 6.45) is 28.3. The van der Waals surface area contributed by atoms with Crippen molar-refractivity contribution >= 4 is 22.8 Å². The van der Waals surface area contributed by atoms with Crippen LogP contribution in [0.25, 0.3) is 0 Å². The first-order chi connectivity index (χ1) is 17.9. The second-order valence-corrected chi connectivity index (χ2v) is 13.2. The molecule has 1 N–H and O–H groups in total. The molecule has 0 aromatic rings. The summed E-state index contributed by atoms with van der Waals surface area (Å²) in [5.74, 6) is 1.20. The van der Waals surface area contributed by atoms with Gasteiger partial charge in [0.1, 0.15) is 0 Å². The fraction of sp³-hybridized carbons (Fsp3) is 0.938. The molecule has 0 aliphatic heterocycles. The van der Waals surface area contributed by atoms with Crippen molar-refractivity contribution in [3.05, 3.63) is 0 Å². The van der Waals surface area contributed by atoms with Gasteiger partial charge in [0.15, 0.2) is 5.12 Å². The molecule has 1 amide bonds. The number of carbonyl (C=O) groups is 2. The van der Waals surface area contributed by atoms with Crippen molar-refractivity contribution in [3.63, 3.8) is 0 Å². The van der Waals surface area contributed by atoms with Crippen molar-refractivity contribution in [3.8, 4) is 0 Å². The van der Waals surface area contributed by atoms with E-state index in [9.17, 15) is 9.59 Å². The molecule has 0 saturated carbocycles. The second kappa shape index (κ2) is 27.0. The third-order valence-corrected chi connectivity index (χ3v) is 8.38. The number of unbranched alkanes of at least 4 members (excludes halogenated alkanes) is 18. The predicted octanol–water partition coefficient (Wildman–Crippen LogP) is 9.06. The van der Waals surface area contributed by atoms with Crippen LogP contribution in [-0.4, -0.2) is 55.0 Å². The molecule has 4 nitrogen and oxygen atoms in total. The second-order valence-electron chi connectivity index (χ2n) is 11.9. The largest absolute Gasteiger partial charge is 0.356 e. The van der Waals surface area contributed by atoms with E-state index < -0.39 is 0 Å². The van der Waals surface area contributed by atoms with Crippen LogP contribution in [0, 0.1) is 0 Å². The van der Waals surface area contributed by atoms with Crippen LogP contribution in [0.4, 0.5) is 0 Å². The number of thioether (sulfide) groups is 1. The summed E-state index contributed by atoms with van der Waals surface area (Å²) in [7, 11) is 4.68. The number of nitrogens with one attached hydrogen (secondary N) is 1. The molecule has 5 heteroatoms. The Labute approximate surface area is 236 Å². The van der Waals surface area contributed by atoms with Gasteiger partial charge >= 0.3 is 0 Å². The maximum Gasteiger partial charge on any atom is 0.219 e. The number of hydrogen-bond donors (Lipinski definition) is 1. The Balaban J connectivity index is 3.42. The standard InChI is InChI=1S/C32H64N2O2S/c1-5-6-7-8-9-10-11-12-14-17-20-23-28-34(3,4)29-25-27-33-32(36)26-22-19-16-13-15-18-21-24-30-37-31(2)35/h5-30H2,1-4H3/p+1. The lowest BCUT2D eigenvalue weighted by molar-refractivity contribution is -0.890. The Morgan fingerprint density at radius 1 is 0.595 bits per heavy atom. The molecule has 0 aromatic heterocycles. The van der Waals surface area contributed by atoms with E-state index >= 15 is 0 Å². The van der Waals surface area contributed by atoms with Gasteiger partial charge in [-0.05, 0) is 25.7 Å². The van der Waals surface area contributed by atoms with E-state index in [4.69, 9.17) is 0 Å². The molecule has 0 radical (unpaired) electrons. The zero-order valence-corrected chi connectivity index (χ0v) is 26.4. The van der Waals surface area contributed by atoms with Crippen LogP contribution in [0.1, 0.15) is 155 Å². The van der Waals surface area contributed by atoms with Crippen LogP contribution in [0.15, 0.2) is 0 Å². The van der Waals surface area contributed by atoms with Crippen molar-refractivity contribution in [1.29, 1.82) is 0 Å². The molecule has 0 atom stereocenters. The first-order valence-corrected chi connectivity index (χ1v) is 17.1. The van der Waals surface area contributed by atoms with Gasteiger partial charge in [-0.3, -0.25) is 9.59 Å². The third-order valence-electron chi connectivity index (χ3n) is 7.48. The van der Waals surface area contributed by atoms with Gasteiger partial charge in [0.05, 0.1) is 27.2 Å². The molecule has 0 aromatic carbocycles. The molecule has 0 rings (SSSR count). The summed E-state index contributed by atoms with van der Waals surface area (Å²) in [5, 5.41) is 3.37. The molecule has 0 fully saturated rings. The van der Waals surface area contributed by atoms with Gasteiger partial charge < -0.3 is 9.80 Å². The summed E-state index contributed by atoms with van der Waals surface area (Å²) < 4.78 is 1.07. The first kappa shape index (κ1) is 36.5. The van der Waals surface area contributed by atoms with Crippen molar-refractivity contribution in [2.24, 2.45) is 0 Å². The van der Waals surface area contributed by atoms with Crippen molar-refractivity contribution in [2.75, 3.05) is 39.5 Å². The summed E-state index contributed by atoms with van der Waals surface area (Å²) in [4.78, 5) is 23.0. The fourth-order valence-corrected chi connectivity index (χ4v) is 5.62. The number of amides is 1. The summed E-state index contributed by atoms with van der Waals surface area (Å²) >= 11 is 1.45. The molecule has 220 valence electrons. The average Bonchev–Trinajstić information content (AvgIpc) is 2.85. The van der Waals surface area contributed by atoms with Crippen LogP contribution in [0.5, 0.6) is 0 Å². The van der Waals surface area contributed by atoms with Crippen LogP contribution in [-0.2, 0) is 9.59 Å². The Kier molecular flexibility index (Phi) is 26.6. The minimum absolute atomic E-state index is 0.231. The maximum absolute atomic E-state index is 12.1. The molecule has 0 bridgehead atoms. The lowest BCUT2D eigenvalue weighted by Crippen LogP contribution is -2.42. The van der Waals surface area contributed by atoms with Gasteiger partial charge in [-0.25, -0.2) is 0 Å². The van der Waals surface area contributed by atoms with E-state index in [1.807, 2.05) is 0 Å². The van der Waals surface area contributed by atoms with Crippen LogP contribution in [0.2, 0.25) is 0 Å². The molecule has 0 aliphatic rings. The lowest BCUT2D eigenvalue weighted by atomic mass is 10.1. The van der Waals surface area contributed by atoms with Gasteiger partial charge in [-0.1, -0.05) is 121 Å². The van der Waals surface area contributed by atoms with Crippen molar-refractivity contribution < 1.29 is 14.1 Å². The maximum atomic E-state index is 12.1. The van der Waals surface area contributed by atoms with E-state index in [0.717, 1.165) is 49.0 Å². The van der Waals surface area contributed by atoms with E-state index in [-0.39, 0.29) is 11.0 Å². The minimum atomic E-state index is 0.231. The fourth-order valence-electron chi connectivity index (χ4n) is 4.98. The van der Waals surface area contributed by atoms with Gasteiger partial charge in [0, 0.05) is 32.1 Å². The van der Waals surface area contributed by atoms with Gasteiger partial charge in [0.25, 0.3) is 0 Å². The van der Waals surface area contributed by atoms with Gasteiger partial charge in [0.2, 0.25) is 5.91 Å². The molecule has 0 saturated heterocycles. The smallest absolute Gasteiger partial charge is 0.219 e. The first-order valence-electron chi connectivity index (χ1n) is 16.1. The normalized spacial score (nSPS) is 11.7. The monoisotopic (exact) mass is 541 g/mol. The molecule has 0 heterocycles. The molecule has 0 unspecified atom stereocenters. The topological polar surface area (TPSA) is 46.2 Å². The SMILES string of the molecule is CCCCCCCCCCCCCC[N+](C)(C)CCCNC(=O)CCCCCCCCCCSC(C)=O. The third kappa shape index (κ3) is 29.9. The number of quaternary nitrogens is 1. The molecular formula is C32H65N2O2S+. The quantitative estimate of drug-likeness (QED) is 0.0793. The summed E-state index contributed by atoms with van der Waals surface area (Å²) in [6.45, 7) is 7.15. The molecule has 37 heavy (non-hydrogen) atoms. The Morgan fingerprint density at radius 3 is 1.54 bits per heavy atom. The molecule has 0 aliphatic carbocycles. The average molecular weight is 542 g/mol. The van der Waals surface area contributed by atoms with Gasteiger partial charge in [-0.2, -0.15) is 0 Å². The van der Waals surface area contributed by atoms with Crippen LogP contribution < -0.4 is 5.32 Å². The summed E-state index contributed by atoms with van der Waals surface area (Å²) in [6, 6.07) is 0. The highest BCUT2D eigenvalue weighted by atomic mass is 32.2. The zero-order valence-electron chi connectivity index (χ0n) is 25.6. The highest BCUT2D eigenvalue weighted by Gasteiger charge is 2.14. The molecular weight excluding hydrogens is 476 g/mol. The highest BCUT2D eigenvalue weighted by Crippen LogP contribution is 2.14. The van der Waals surface area contributed by atoms with E-state index in [1.165, 1.54) is 127 Å². The van der Waals surface area contributed by atoms with E-state index in [0.29, 0.717) is 6.42 Å². The van der Waals surface area contributed by atoms with E-state index in [2.05, 4.69) is 26.3 Å². The van der Waals surface area contributed by atoms with Crippen molar-refractivity contribution in [2.45, 2.75) is 155 Å². The van der Waals surface area contributed by atoms with E-state index in [1.54, 1.807) is 6.92 Å². The van der Waals surface area contributed by atoms with Crippen LogP contribution >= 0.6 is 11.8 Å². The number of nitrogens with zero attached hydrogens (tertiary/aromatic N) is 1. The van der Waals surface area contributed by atoms with Crippen molar-refractivity contribution in [1.82, 2.24) is 5.32 Å². The Bertz CT molecular complexity index is 525. The number of rotatable bonds is 28. The Hall–Kier alpha value is -0.550. The summed E-state index contributed by atoms with van der Waals surface area (Å²) in [5.41, 5.74) is 0.